The second-order valence-corrected chi connectivity index (χ2v) is 15.1. The molecular formula is C47H45MoNO2. The van der Waals surface area contributed by atoms with Gasteiger partial charge in [0.25, 0.3) is 0 Å². The van der Waals surface area contributed by atoms with Gasteiger partial charge in [-0.15, -0.1) is 0 Å². The third-order valence-electron chi connectivity index (χ3n) is 9.19. The number of phenols is 2. The van der Waals surface area contributed by atoms with Gasteiger partial charge in [-0.3, -0.25) is 0 Å². The number of hydrogen-bond acceptors (Lipinski definition) is 3. The van der Waals surface area contributed by atoms with Crippen molar-refractivity contribution < 1.29 is 28.1 Å². The summed E-state index contributed by atoms with van der Waals surface area (Å²) in [5, 5.41) is 27.2. The zero-order valence-electron chi connectivity index (χ0n) is 30.0. The third-order valence-corrected chi connectivity index (χ3v) is 11.1. The molecule has 0 aliphatic rings. The van der Waals surface area contributed by atoms with E-state index in [1.54, 1.807) is 0 Å². The Morgan fingerprint density at radius 1 is 0.549 bits per heavy atom. The van der Waals surface area contributed by atoms with Crippen LogP contribution in [0.2, 0.25) is 0 Å². The molecule has 7 aromatic carbocycles. The molecule has 0 amide bonds. The first kappa shape index (κ1) is 35.8. The summed E-state index contributed by atoms with van der Waals surface area (Å²) in [5.41, 5.74) is 8.71. The molecule has 2 N–H and O–H groups in total. The normalized spacial score (nSPS) is 11.0. The van der Waals surface area contributed by atoms with Crippen LogP contribution in [0.5, 0.6) is 11.5 Å². The number of phenolic OH excluding ortho intramolecular Hbond substituents is 2. The summed E-state index contributed by atoms with van der Waals surface area (Å²) in [6.45, 7) is 11.2. The van der Waals surface area contributed by atoms with E-state index >= 15 is 0 Å². The van der Waals surface area contributed by atoms with Crippen molar-refractivity contribution in [2.45, 2.75) is 52.9 Å². The Bertz CT molecular complexity index is 2200. The molecule has 0 unspecified atom stereocenters. The Hall–Kier alpha value is -4.98. The molecule has 256 valence electrons. The SMILES string of the molecule is CC[CH]=[Mo]=[N]c1c(C(C)C)cccc1C(C)C.Oc1c(-c2ccccc2)cc2ccccc2c1-c1c(O)c(-c2ccccc2)cc2ccccc12. The van der Waals surface area contributed by atoms with Crippen molar-refractivity contribution in [2.75, 3.05) is 0 Å². The maximum Gasteiger partial charge on any atom is 0.132 e. The fourth-order valence-corrected chi connectivity index (χ4v) is 7.96. The third kappa shape index (κ3) is 7.70. The van der Waals surface area contributed by atoms with E-state index in [0.717, 1.165) is 50.2 Å². The van der Waals surface area contributed by atoms with Crippen LogP contribution in [0.15, 0.2) is 143 Å². The van der Waals surface area contributed by atoms with Crippen LogP contribution >= 0.6 is 0 Å². The minimum atomic E-state index is -0.315. The van der Waals surface area contributed by atoms with Crippen molar-refractivity contribution in [1.29, 1.82) is 0 Å². The number of aromatic hydroxyl groups is 2. The molecule has 0 bridgehead atoms. The van der Waals surface area contributed by atoms with Crippen molar-refractivity contribution >= 4 is 31.6 Å². The number of rotatable bonds is 7. The van der Waals surface area contributed by atoms with E-state index < -0.39 is 0 Å². The van der Waals surface area contributed by atoms with Gasteiger partial charge >= 0.3 is 114 Å². The molecule has 0 aliphatic carbocycles. The van der Waals surface area contributed by atoms with Gasteiger partial charge in [-0.1, -0.05) is 109 Å². The van der Waals surface area contributed by atoms with Crippen LogP contribution < -0.4 is 0 Å². The average Bonchev–Trinajstić information content (AvgIpc) is 3.16. The van der Waals surface area contributed by atoms with Gasteiger partial charge in [0, 0.05) is 22.3 Å². The fourth-order valence-electron chi connectivity index (χ4n) is 6.64. The zero-order valence-corrected chi connectivity index (χ0v) is 32.0. The number of benzene rings is 7. The van der Waals surface area contributed by atoms with Gasteiger partial charge in [0.2, 0.25) is 0 Å². The van der Waals surface area contributed by atoms with Gasteiger partial charge < -0.3 is 10.2 Å². The standard InChI is InChI=1S/C32H22O2.C12H17N.C3H6.Mo/c33-31-27(21-11-3-1-4-12-21)19-23-15-7-9-17-25(23)29(31)30-26-18-10-8-16-24(26)20-28(32(30)34)22-13-5-2-6-14-22;1-8(2)10-6-5-7-11(9(3)4)12(10)13;1-3-2;/h1-20,33-34H;5-9H,1-4H3;1H,3H2,2H3;. The molecule has 0 atom stereocenters. The Balaban J connectivity index is 0.000000224. The van der Waals surface area contributed by atoms with Crippen molar-refractivity contribution in [3.05, 3.63) is 151 Å². The Morgan fingerprint density at radius 3 is 1.37 bits per heavy atom. The minimum Gasteiger partial charge on any atom is -0.507 e. The average molecular weight is 752 g/mol. The molecule has 0 aliphatic heterocycles. The molecule has 4 heteroatoms. The number of nitrogens with zero attached hydrogens (tertiary/aromatic N) is 1. The summed E-state index contributed by atoms with van der Waals surface area (Å²) in [4.78, 5) is 0. The monoisotopic (exact) mass is 753 g/mol. The van der Waals surface area contributed by atoms with Gasteiger partial charge in [0.05, 0.1) is 0 Å². The van der Waals surface area contributed by atoms with Gasteiger partial charge in [-0.2, -0.15) is 0 Å². The summed E-state index contributed by atoms with van der Waals surface area (Å²) in [6.07, 6.45) is 1.15. The first-order valence-electron chi connectivity index (χ1n) is 17.7. The molecule has 3 nitrogen and oxygen atoms in total. The van der Waals surface area contributed by atoms with E-state index in [-0.39, 0.29) is 29.4 Å². The fraction of sp³-hybridized carbons (Fsp3) is 0.170. The van der Waals surface area contributed by atoms with Crippen LogP contribution in [0.4, 0.5) is 5.69 Å². The number of hydrogen-bond donors (Lipinski definition) is 2. The van der Waals surface area contributed by atoms with Crippen molar-refractivity contribution in [3.8, 4) is 44.9 Å². The van der Waals surface area contributed by atoms with Gasteiger partial charge in [0.1, 0.15) is 11.5 Å². The second kappa shape index (κ2) is 16.4. The summed E-state index contributed by atoms with van der Waals surface area (Å²) in [5.74, 6) is 1.44. The van der Waals surface area contributed by atoms with E-state index in [4.69, 9.17) is 3.50 Å². The van der Waals surface area contributed by atoms with E-state index in [9.17, 15) is 10.2 Å². The first-order chi connectivity index (χ1) is 24.8. The van der Waals surface area contributed by atoms with Crippen LogP contribution in [0.3, 0.4) is 0 Å². The van der Waals surface area contributed by atoms with E-state index in [1.807, 2.05) is 121 Å². The van der Waals surface area contributed by atoms with Gasteiger partial charge in [0.15, 0.2) is 0 Å². The van der Waals surface area contributed by atoms with Crippen LogP contribution in [0.25, 0.3) is 54.9 Å². The second-order valence-electron chi connectivity index (χ2n) is 13.3. The molecule has 0 spiro atoms. The molecule has 0 aromatic heterocycles. The number of fused-ring (bicyclic) bond motifs is 2. The quantitative estimate of drug-likeness (QED) is 0.159. The summed E-state index contributed by atoms with van der Waals surface area (Å²) < 4.78 is 7.27. The van der Waals surface area contributed by atoms with Crippen molar-refractivity contribution in [2.24, 2.45) is 3.50 Å². The van der Waals surface area contributed by atoms with Crippen molar-refractivity contribution in [1.82, 2.24) is 0 Å². The van der Waals surface area contributed by atoms with Gasteiger partial charge in [-0.05, 0) is 44.8 Å². The Labute approximate surface area is 310 Å². The molecule has 0 fully saturated rings. The van der Waals surface area contributed by atoms with E-state index in [2.05, 4.69) is 57.2 Å². The molecule has 51 heavy (non-hydrogen) atoms. The summed E-state index contributed by atoms with van der Waals surface area (Å²) in [6, 6.07) is 46.4. The smallest absolute Gasteiger partial charge is 0.132 e. The van der Waals surface area contributed by atoms with Crippen LogP contribution in [0.1, 0.15) is 64.0 Å². The Morgan fingerprint density at radius 2 is 0.961 bits per heavy atom. The molecular weight excluding hydrogens is 706 g/mol. The predicted octanol–water partition coefficient (Wildman–Crippen LogP) is 13.4. The van der Waals surface area contributed by atoms with Crippen LogP contribution in [-0.4, -0.2) is 14.6 Å². The van der Waals surface area contributed by atoms with Crippen LogP contribution in [-0.2, 0) is 17.9 Å². The van der Waals surface area contributed by atoms with E-state index in [1.165, 1.54) is 16.8 Å². The van der Waals surface area contributed by atoms with Crippen molar-refractivity contribution in [3.63, 3.8) is 0 Å². The Kier molecular flexibility index (Phi) is 11.5. The van der Waals surface area contributed by atoms with Crippen LogP contribution in [0, 0.1) is 0 Å². The predicted molar refractivity (Wildman–Crippen MR) is 214 cm³/mol. The maximum atomic E-state index is 11.7. The topological polar surface area (TPSA) is 52.8 Å². The summed E-state index contributed by atoms with van der Waals surface area (Å²) in [7, 11) is 0. The molecule has 7 rings (SSSR count). The summed E-state index contributed by atoms with van der Waals surface area (Å²) >= 11 is -0.315. The zero-order chi connectivity index (χ0) is 35.9. The first-order valence-corrected chi connectivity index (χ1v) is 19.8. The van der Waals surface area contributed by atoms with Gasteiger partial charge in [-0.25, -0.2) is 0 Å². The maximum absolute atomic E-state index is 11.7. The van der Waals surface area contributed by atoms with E-state index in [0.29, 0.717) is 23.0 Å². The molecule has 0 saturated carbocycles. The molecule has 7 aromatic rings. The molecule has 0 heterocycles. The largest absolute Gasteiger partial charge is 0.507 e. The molecule has 0 saturated heterocycles. The molecule has 0 radical (unpaired) electrons. The minimum absolute atomic E-state index is 0.163.